The van der Waals surface area contributed by atoms with E-state index in [2.05, 4.69) is 29.2 Å². The molecule has 0 radical (unpaired) electrons. The molecule has 1 heterocycles. The average Bonchev–Trinajstić information content (AvgIpc) is 2.42. The summed E-state index contributed by atoms with van der Waals surface area (Å²) in [6, 6.07) is 3.95. The maximum atomic E-state index is 5.92. The Kier molecular flexibility index (Phi) is 4.88. The van der Waals surface area contributed by atoms with Crippen LogP contribution in [-0.2, 0) is 4.74 Å². The third-order valence-electron chi connectivity index (χ3n) is 2.87. The van der Waals surface area contributed by atoms with Gasteiger partial charge in [0.05, 0.1) is 17.3 Å². The summed E-state index contributed by atoms with van der Waals surface area (Å²) in [6.07, 6.45) is 4.84. The van der Waals surface area contributed by atoms with Gasteiger partial charge in [-0.1, -0.05) is 12.7 Å². The van der Waals surface area contributed by atoms with E-state index in [0.717, 1.165) is 46.5 Å². The smallest absolute Gasteiger partial charge is 0.200 e. The normalized spacial score (nSPS) is 19.3. The van der Waals surface area contributed by atoms with Crippen molar-refractivity contribution in [3.05, 3.63) is 27.8 Å². The molecule has 0 N–H and O–H groups in total. The number of hydrogen-bond acceptors (Lipinski definition) is 3. The largest absolute Gasteiger partial charge is 0.493 e. The molecule has 1 aromatic rings. The fourth-order valence-electron chi connectivity index (χ4n) is 1.91. The van der Waals surface area contributed by atoms with Crippen LogP contribution >= 0.6 is 22.6 Å². The van der Waals surface area contributed by atoms with Crippen molar-refractivity contribution >= 4 is 28.7 Å². The summed E-state index contributed by atoms with van der Waals surface area (Å²) in [4.78, 5) is 0. The highest BCUT2D eigenvalue weighted by Crippen LogP contribution is 2.36. The second-order valence-electron chi connectivity index (χ2n) is 4.15. The van der Waals surface area contributed by atoms with Crippen LogP contribution in [0, 0.1) is 3.57 Å². The fourth-order valence-corrected chi connectivity index (χ4v) is 2.66. The Morgan fingerprint density at radius 3 is 2.89 bits per heavy atom. The zero-order chi connectivity index (χ0) is 13.0. The number of ether oxygens (including phenoxy) is 3. The van der Waals surface area contributed by atoms with Gasteiger partial charge in [0.25, 0.3) is 0 Å². The zero-order valence-corrected chi connectivity index (χ0v) is 12.6. The van der Waals surface area contributed by atoms with Gasteiger partial charge in [-0.05, 0) is 53.1 Å². The highest BCUT2D eigenvalue weighted by Gasteiger charge is 2.19. The van der Waals surface area contributed by atoms with Crippen LogP contribution in [-0.4, -0.2) is 20.0 Å². The molecule has 0 aromatic heterocycles. The van der Waals surface area contributed by atoms with Gasteiger partial charge in [-0.3, -0.25) is 0 Å². The van der Waals surface area contributed by atoms with Gasteiger partial charge in [0.15, 0.2) is 17.8 Å². The summed E-state index contributed by atoms with van der Waals surface area (Å²) >= 11 is 2.25. The molecule has 1 unspecified atom stereocenters. The van der Waals surface area contributed by atoms with Crippen LogP contribution < -0.4 is 9.47 Å². The van der Waals surface area contributed by atoms with Gasteiger partial charge in [-0.2, -0.15) is 0 Å². The second-order valence-corrected chi connectivity index (χ2v) is 5.31. The third-order valence-corrected chi connectivity index (χ3v) is 3.68. The Labute approximate surface area is 121 Å². The van der Waals surface area contributed by atoms with Crippen molar-refractivity contribution < 1.29 is 14.2 Å². The van der Waals surface area contributed by atoms with Gasteiger partial charge in [0.2, 0.25) is 0 Å². The number of benzene rings is 1. The lowest BCUT2D eigenvalue weighted by atomic mass is 10.2. The molecule has 1 atom stereocenters. The number of hydrogen-bond donors (Lipinski definition) is 0. The van der Waals surface area contributed by atoms with Crippen LogP contribution in [0.25, 0.3) is 6.08 Å². The Balaban J connectivity index is 2.22. The topological polar surface area (TPSA) is 27.7 Å². The lowest BCUT2D eigenvalue weighted by molar-refractivity contribution is -0.107. The molecule has 0 saturated carbocycles. The summed E-state index contributed by atoms with van der Waals surface area (Å²) in [5.74, 6) is 1.49. The van der Waals surface area contributed by atoms with Gasteiger partial charge in [0.1, 0.15) is 0 Å². The molecule has 0 aliphatic carbocycles. The monoisotopic (exact) mass is 360 g/mol. The predicted molar refractivity (Wildman–Crippen MR) is 80.0 cm³/mol. The maximum absolute atomic E-state index is 5.92. The SMILES string of the molecule is C=Cc1cc(I)c(OC2CCCCO2)c(OC)c1. The highest BCUT2D eigenvalue weighted by molar-refractivity contribution is 14.1. The lowest BCUT2D eigenvalue weighted by Gasteiger charge is -2.25. The van der Waals surface area contributed by atoms with Gasteiger partial charge >= 0.3 is 0 Å². The molecular formula is C14H17IO3. The summed E-state index contributed by atoms with van der Waals surface area (Å²) in [6.45, 7) is 4.54. The first kappa shape index (κ1) is 13.7. The molecule has 3 nitrogen and oxygen atoms in total. The standard InChI is InChI=1S/C14H17IO3/c1-3-10-8-11(15)14(12(9-10)16-2)18-13-6-4-5-7-17-13/h3,8-9,13H,1,4-7H2,2H3. The molecule has 1 fully saturated rings. The van der Waals surface area contributed by atoms with Crippen LogP contribution in [0.5, 0.6) is 11.5 Å². The quantitative estimate of drug-likeness (QED) is 0.764. The van der Waals surface area contributed by atoms with Crippen molar-refractivity contribution in [3.63, 3.8) is 0 Å². The molecule has 1 aliphatic rings. The summed E-state index contributed by atoms with van der Waals surface area (Å²) < 4.78 is 17.9. The second kappa shape index (κ2) is 6.43. The van der Waals surface area contributed by atoms with Gasteiger partial charge < -0.3 is 14.2 Å². The summed E-state index contributed by atoms with van der Waals surface area (Å²) in [5.41, 5.74) is 1.02. The molecule has 0 bridgehead atoms. The zero-order valence-electron chi connectivity index (χ0n) is 10.4. The molecule has 18 heavy (non-hydrogen) atoms. The van der Waals surface area contributed by atoms with Gasteiger partial charge in [-0.15, -0.1) is 0 Å². The minimum Gasteiger partial charge on any atom is -0.493 e. The molecule has 1 aliphatic heterocycles. The minimum absolute atomic E-state index is 0.157. The fraction of sp³-hybridized carbons (Fsp3) is 0.429. The van der Waals surface area contributed by atoms with Crippen molar-refractivity contribution in [1.82, 2.24) is 0 Å². The molecular weight excluding hydrogens is 343 g/mol. The van der Waals surface area contributed by atoms with Crippen LogP contribution in [0.4, 0.5) is 0 Å². The van der Waals surface area contributed by atoms with Crippen molar-refractivity contribution in [3.8, 4) is 11.5 Å². The number of methoxy groups -OCH3 is 1. The van der Waals surface area contributed by atoms with E-state index in [1.54, 1.807) is 13.2 Å². The van der Waals surface area contributed by atoms with Gasteiger partial charge in [0, 0.05) is 6.42 Å². The molecule has 1 saturated heterocycles. The van der Waals surface area contributed by atoms with Crippen molar-refractivity contribution in [2.75, 3.05) is 13.7 Å². The van der Waals surface area contributed by atoms with Gasteiger partial charge in [-0.25, -0.2) is 0 Å². The number of halogens is 1. The molecule has 0 spiro atoms. The Morgan fingerprint density at radius 2 is 2.28 bits per heavy atom. The van der Waals surface area contributed by atoms with Crippen LogP contribution in [0.3, 0.4) is 0 Å². The highest BCUT2D eigenvalue weighted by atomic mass is 127. The molecule has 98 valence electrons. The Bertz CT molecular complexity index is 425. The van der Waals surface area contributed by atoms with E-state index in [4.69, 9.17) is 14.2 Å². The Morgan fingerprint density at radius 1 is 1.44 bits per heavy atom. The molecule has 1 aromatic carbocycles. The van der Waals surface area contributed by atoms with E-state index in [0.29, 0.717) is 0 Å². The van der Waals surface area contributed by atoms with E-state index in [9.17, 15) is 0 Å². The van der Waals surface area contributed by atoms with Crippen molar-refractivity contribution in [2.45, 2.75) is 25.6 Å². The van der Waals surface area contributed by atoms with E-state index in [1.165, 1.54) is 0 Å². The Hall–Kier alpha value is -0.750. The van der Waals surface area contributed by atoms with Crippen LogP contribution in [0.15, 0.2) is 18.7 Å². The van der Waals surface area contributed by atoms with Crippen molar-refractivity contribution in [2.24, 2.45) is 0 Å². The average molecular weight is 360 g/mol. The van der Waals surface area contributed by atoms with Crippen LogP contribution in [0.2, 0.25) is 0 Å². The molecule has 4 heteroatoms. The minimum atomic E-state index is -0.157. The first-order valence-corrected chi connectivity index (χ1v) is 7.10. The predicted octanol–water partition coefficient (Wildman–Crippen LogP) is 3.85. The van der Waals surface area contributed by atoms with E-state index in [1.807, 2.05) is 12.1 Å². The molecule has 0 amide bonds. The van der Waals surface area contributed by atoms with E-state index < -0.39 is 0 Å². The summed E-state index contributed by atoms with van der Waals surface area (Å²) in [7, 11) is 1.65. The maximum Gasteiger partial charge on any atom is 0.200 e. The first-order valence-electron chi connectivity index (χ1n) is 6.03. The van der Waals surface area contributed by atoms with Crippen LogP contribution in [0.1, 0.15) is 24.8 Å². The van der Waals surface area contributed by atoms with E-state index >= 15 is 0 Å². The molecule has 2 rings (SSSR count). The third kappa shape index (κ3) is 3.17. The first-order chi connectivity index (χ1) is 8.74. The van der Waals surface area contributed by atoms with E-state index in [-0.39, 0.29) is 6.29 Å². The summed E-state index contributed by atoms with van der Waals surface area (Å²) in [5, 5.41) is 0. The lowest BCUT2D eigenvalue weighted by Crippen LogP contribution is -2.25. The van der Waals surface area contributed by atoms with Crippen molar-refractivity contribution in [1.29, 1.82) is 0 Å². The number of rotatable bonds is 4.